The van der Waals surface area contributed by atoms with E-state index in [1.165, 1.54) is 0 Å². The standard InChI is InChI=1S/C21H18N2O2/c1-13-10-14(2)21-17(11-13)19(23-25-21)12-20(24)22-18-9-5-7-15-6-3-4-8-16(15)18/h3-11H,12H2,1-2H3,(H,22,24). The highest BCUT2D eigenvalue weighted by atomic mass is 16.5. The lowest BCUT2D eigenvalue weighted by Crippen LogP contribution is -2.15. The van der Waals surface area contributed by atoms with Crippen LogP contribution in [-0.2, 0) is 11.2 Å². The highest BCUT2D eigenvalue weighted by Gasteiger charge is 2.15. The molecule has 1 heterocycles. The minimum atomic E-state index is -0.106. The number of carbonyl (C=O) groups excluding carboxylic acids is 1. The number of benzene rings is 3. The second-order valence-electron chi connectivity index (χ2n) is 6.34. The van der Waals surface area contributed by atoms with E-state index < -0.39 is 0 Å². The van der Waals surface area contributed by atoms with E-state index in [4.69, 9.17) is 4.52 Å². The van der Waals surface area contributed by atoms with Gasteiger partial charge in [-0.15, -0.1) is 0 Å². The quantitative estimate of drug-likeness (QED) is 0.588. The van der Waals surface area contributed by atoms with Gasteiger partial charge in [0, 0.05) is 16.5 Å². The zero-order valence-corrected chi connectivity index (χ0v) is 14.2. The second kappa shape index (κ2) is 6.06. The molecule has 0 radical (unpaired) electrons. The SMILES string of the molecule is Cc1cc(C)c2onc(CC(=O)Nc3cccc4ccccc34)c2c1. The van der Waals surface area contributed by atoms with E-state index in [9.17, 15) is 4.79 Å². The first-order chi connectivity index (χ1) is 12.1. The Morgan fingerprint density at radius 2 is 1.84 bits per heavy atom. The fraction of sp³-hybridized carbons (Fsp3) is 0.143. The molecule has 25 heavy (non-hydrogen) atoms. The van der Waals surface area contributed by atoms with Crippen LogP contribution in [0.25, 0.3) is 21.7 Å². The molecular formula is C21H18N2O2. The molecule has 124 valence electrons. The van der Waals surface area contributed by atoms with Gasteiger partial charge < -0.3 is 9.84 Å². The number of nitrogens with zero attached hydrogens (tertiary/aromatic N) is 1. The molecule has 0 atom stereocenters. The van der Waals surface area contributed by atoms with Crippen molar-refractivity contribution in [2.24, 2.45) is 0 Å². The van der Waals surface area contributed by atoms with Gasteiger partial charge in [0.2, 0.25) is 5.91 Å². The molecule has 0 saturated heterocycles. The van der Waals surface area contributed by atoms with Gasteiger partial charge in [0.25, 0.3) is 0 Å². The van der Waals surface area contributed by atoms with Gasteiger partial charge in [-0.3, -0.25) is 4.79 Å². The molecule has 1 amide bonds. The molecule has 4 heteroatoms. The number of nitrogens with one attached hydrogen (secondary N) is 1. The van der Waals surface area contributed by atoms with Crippen LogP contribution in [0.3, 0.4) is 0 Å². The van der Waals surface area contributed by atoms with Crippen LogP contribution < -0.4 is 5.32 Å². The minimum Gasteiger partial charge on any atom is -0.356 e. The molecule has 4 rings (SSSR count). The minimum absolute atomic E-state index is 0.106. The molecule has 0 bridgehead atoms. The molecule has 0 aliphatic carbocycles. The molecule has 0 aliphatic rings. The van der Waals surface area contributed by atoms with Crippen LogP contribution in [0.5, 0.6) is 0 Å². The van der Waals surface area contributed by atoms with E-state index in [0.29, 0.717) is 5.69 Å². The number of carbonyl (C=O) groups is 1. The van der Waals surface area contributed by atoms with Gasteiger partial charge in [0.05, 0.1) is 6.42 Å². The number of amides is 1. The Labute approximate surface area is 145 Å². The zero-order chi connectivity index (χ0) is 17.4. The lowest BCUT2D eigenvalue weighted by molar-refractivity contribution is -0.115. The Balaban J connectivity index is 1.62. The van der Waals surface area contributed by atoms with Crippen LogP contribution in [0.15, 0.2) is 59.1 Å². The van der Waals surface area contributed by atoms with Gasteiger partial charge in [0.15, 0.2) is 5.58 Å². The molecule has 0 unspecified atom stereocenters. The Kier molecular flexibility index (Phi) is 3.73. The molecule has 0 aliphatic heterocycles. The summed E-state index contributed by atoms with van der Waals surface area (Å²) in [4.78, 5) is 12.5. The maximum Gasteiger partial charge on any atom is 0.230 e. The Hall–Kier alpha value is -3.14. The van der Waals surface area contributed by atoms with Crippen LogP contribution in [0.1, 0.15) is 16.8 Å². The third kappa shape index (κ3) is 2.87. The van der Waals surface area contributed by atoms with Gasteiger partial charge in [-0.2, -0.15) is 0 Å². The van der Waals surface area contributed by atoms with Crippen molar-refractivity contribution in [2.45, 2.75) is 20.3 Å². The second-order valence-corrected chi connectivity index (χ2v) is 6.34. The van der Waals surface area contributed by atoms with E-state index in [2.05, 4.69) is 10.5 Å². The molecule has 4 nitrogen and oxygen atoms in total. The first-order valence-corrected chi connectivity index (χ1v) is 8.25. The number of hydrogen-bond donors (Lipinski definition) is 1. The van der Waals surface area contributed by atoms with Gasteiger partial charge in [0.1, 0.15) is 5.69 Å². The monoisotopic (exact) mass is 330 g/mol. The molecular weight excluding hydrogens is 312 g/mol. The average molecular weight is 330 g/mol. The smallest absolute Gasteiger partial charge is 0.230 e. The first-order valence-electron chi connectivity index (χ1n) is 8.25. The van der Waals surface area contributed by atoms with Crippen molar-refractivity contribution in [3.63, 3.8) is 0 Å². The van der Waals surface area contributed by atoms with Crippen LogP contribution in [0.4, 0.5) is 5.69 Å². The fourth-order valence-corrected chi connectivity index (χ4v) is 3.25. The lowest BCUT2D eigenvalue weighted by atomic mass is 10.1. The molecule has 0 fully saturated rings. The highest BCUT2D eigenvalue weighted by molar-refractivity contribution is 6.03. The van der Waals surface area contributed by atoms with E-state index in [-0.39, 0.29) is 12.3 Å². The molecule has 0 spiro atoms. The molecule has 4 aromatic rings. The summed E-state index contributed by atoms with van der Waals surface area (Å²) < 4.78 is 5.43. The normalized spacial score (nSPS) is 11.1. The largest absolute Gasteiger partial charge is 0.356 e. The first kappa shape index (κ1) is 15.4. The topological polar surface area (TPSA) is 55.1 Å². The third-order valence-corrected chi connectivity index (χ3v) is 4.37. The predicted molar refractivity (Wildman–Crippen MR) is 99.8 cm³/mol. The van der Waals surface area contributed by atoms with Crippen molar-refractivity contribution in [3.8, 4) is 0 Å². The van der Waals surface area contributed by atoms with Crippen LogP contribution in [0.2, 0.25) is 0 Å². The summed E-state index contributed by atoms with van der Waals surface area (Å²) in [6.07, 6.45) is 0.180. The summed E-state index contributed by atoms with van der Waals surface area (Å²) in [7, 11) is 0. The van der Waals surface area contributed by atoms with E-state index in [0.717, 1.165) is 38.6 Å². The summed E-state index contributed by atoms with van der Waals surface area (Å²) in [6.45, 7) is 4.01. The van der Waals surface area contributed by atoms with Crippen molar-refractivity contribution in [1.82, 2.24) is 5.16 Å². The Morgan fingerprint density at radius 1 is 1.04 bits per heavy atom. The van der Waals surface area contributed by atoms with Gasteiger partial charge in [-0.1, -0.05) is 47.6 Å². The number of hydrogen-bond acceptors (Lipinski definition) is 3. The fourth-order valence-electron chi connectivity index (χ4n) is 3.25. The summed E-state index contributed by atoms with van der Waals surface area (Å²) in [5.74, 6) is -0.106. The molecule has 1 N–H and O–H groups in total. The molecule has 0 saturated carbocycles. The zero-order valence-electron chi connectivity index (χ0n) is 14.2. The van der Waals surface area contributed by atoms with Crippen LogP contribution in [-0.4, -0.2) is 11.1 Å². The van der Waals surface area contributed by atoms with Gasteiger partial charge >= 0.3 is 0 Å². The summed E-state index contributed by atoms with van der Waals surface area (Å²) in [5, 5.41) is 10.1. The number of rotatable bonds is 3. The Morgan fingerprint density at radius 3 is 2.72 bits per heavy atom. The number of aryl methyl sites for hydroxylation is 2. The van der Waals surface area contributed by atoms with Crippen molar-refractivity contribution in [3.05, 3.63) is 71.4 Å². The third-order valence-electron chi connectivity index (χ3n) is 4.37. The maximum atomic E-state index is 12.5. The van der Waals surface area contributed by atoms with E-state index >= 15 is 0 Å². The average Bonchev–Trinajstić information content (AvgIpc) is 2.98. The van der Waals surface area contributed by atoms with Crippen LogP contribution >= 0.6 is 0 Å². The Bertz CT molecular complexity index is 1090. The van der Waals surface area contributed by atoms with Crippen molar-refractivity contribution >= 4 is 33.3 Å². The summed E-state index contributed by atoms with van der Waals surface area (Å²) >= 11 is 0. The summed E-state index contributed by atoms with van der Waals surface area (Å²) in [5.41, 5.74) is 4.38. The van der Waals surface area contributed by atoms with E-state index in [1.807, 2.05) is 68.4 Å². The lowest BCUT2D eigenvalue weighted by Gasteiger charge is -2.08. The highest BCUT2D eigenvalue weighted by Crippen LogP contribution is 2.26. The van der Waals surface area contributed by atoms with Gasteiger partial charge in [-0.25, -0.2) is 0 Å². The number of anilines is 1. The van der Waals surface area contributed by atoms with Crippen molar-refractivity contribution in [1.29, 1.82) is 0 Å². The van der Waals surface area contributed by atoms with E-state index in [1.54, 1.807) is 0 Å². The molecule has 1 aromatic heterocycles. The van der Waals surface area contributed by atoms with Crippen LogP contribution in [0, 0.1) is 13.8 Å². The van der Waals surface area contributed by atoms with Crippen molar-refractivity contribution in [2.75, 3.05) is 5.32 Å². The predicted octanol–water partition coefficient (Wildman–Crippen LogP) is 4.78. The molecule has 3 aromatic carbocycles. The number of fused-ring (bicyclic) bond motifs is 2. The van der Waals surface area contributed by atoms with Gasteiger partial charge in [-0.05, 0) is 42.5 Å². The maximum absolute atomic E-state index is 12.5. The summed E-state index contributed by atoms with van der Waals surface area (Å²) in [6, 6.07) is 17.9. The van der Waals surface area contributed by atoms with Crippen molar-refractivity contribution < 1.29 is 9.32 Å². The number of aromatic nitrogens is 1.